The average Bonchev–Trinajstić information content (AvgIpc) is 2.61. The minimum Gasteiger partial charge on any atom is -0.397 e. The lowest BCUT2D eigenvalue weighted by atomic mass is 10.0. The highest BCUT2D eigenvalue weighted by atomic mass is 14.9. The lowest BCUT2D eigenvalue weighted by molar-refractivity contribution is 1.46. The fourth-order valence-electron chi connectivity index (χ4n) is 2.33. The molecular formula is C20H18N2. The molecule has 2 nitrogen and oxygen atoms in total. The molecule has 2 heteroatoms. The van der Waals surface area contributed by atoms with Gasteiger partial charge in [-0.2, -0.15) is 0 Å². The zero-order valence-corrected chi connectivity index (χ0v) is 12.2. The van der Waals surface area contributed by atoms with Crippen molar-refractivity contribution in [2.45, 2.75) is 0 Å². The van der Waals surface area contributed by atoms with Crippen LogP contribution in [0.3, 0.4) is 0 Å². The van der Waals surface area contributed by atoms with Crippen molar-refractivity contribution >= 4 is 17.1 Å². The molecule has 0 heterocycles. The molecule has 0 fully saturated rings. The summed E-state index contributed by atoms with van der Waals surface area (Å²) in [5, 5.41) is 3.45. The predicted octanol–water partition coefficient (Wildman–Crippen LogP) is 4.58. The number of nitrogens with two attached hydrogens (primary N) is 1. The fourth-order valence-corrected chi connectivity index (χ4v) is 2.33. The number of hydrogen-bond acceptors (Lipinski definition) is 2. The van der Waals surface area contributed by atoms with Gasteiger partial charge < -0.3 is 11.1 Å². The van der Waals surface area contributed by atoms with Gasteiger partial charge in [0.05, 0.1) is 11.4 Å². The molecular weight excluding hydrogens is 268 g/mol. The number of benzene rings is 3. The van der Waals surface area contributed by atoms with E-state index >= 15 is 0 Å². The Morgan fingerprint density at radius 1 is 0.591 bits per heavy atom. The highest BCUT2D eigenvalue weighted by Crippen LogP contribution is 2.24. The van der Waals surface area contributed by atoms with Crippen molar-refractivity contribution < 1.29 is 0 Å². The second kappa shape index (κ2) is 6.64. The van der Waals surface area contributed by atoms with E-state index in [0.29, 0.717) is 0 Å². The summed E-state index contributed by atoms with van der Waals surface area (Å²) in [6.45, 7) is 0. The predicted molar refractivity (Wildman–Crippen MR) is 94.0 cm³/mol. The van der Waals surface area contributed by atoms with Crippen LogP contribution in [0.15, 0.2) is 91.0 Å². The summed E-state index contributed by atoms with van der Waals surface area (Å²) < 4.78 is 0. The molecule has 0 radical (unpaired) electrons. The summed E-state index contributed by atoms with van der Waals surface area (Å²) in [7, 11) is 0. The van der Waals surface area contributed by atoms with Crippen molar-refractivity contribution in [3.05, 3.63) is 102 Å². The quantitative estimate of drug-likeness (QED) is 0.689. The molecule has 0 aromatic heterocycles. The first-order valence-corrected chi connectivity index (χ1v) is 7.27. The lowest BCUT2D eigenvalue weighted by Gasteiger charge is -2.15. The fraction of sp³-hybridized carbons (Fsp3) is 0. The van der Waals surface area contributed by atoms with Crippen LogP contribution in [0, 0.1) is 0 Å². The van der Waals surface area contributed by atoms with Gasteiger partial charge in [-0.3, -0.25) is 0 Å². The van der Waals surface area contributed by atoms with Gasteiger partial charge in [-0.25, -0.2) is 0 Å². The van der Waals surface area contributed by atoms with Crippen molar-refractivity contribution in [2.75, 3.05) is 5.32 Å². The Morgan fingerprint density at radius 2 is 1.05 bits per heavy atom. The Morgan fingerprint density at radius 3 is 1.59 bits per heavy atom. The maximum Gasteiger partial charge on any atom is 0.0697 e. The van der Waals surface area contributed by atoms with Gasteiger partial charge in [-0.1, -0.05) is 78.9 Å². The van der Waals surface area contributed by atoms with Crippen LogP contribution in [0.2, 0.25) is 0 Å². The summed E-state index contributed by atoms with van der Waals surface area (Å²) in [4.78, 5) is 0. The SMILES string of the molecule is NC(=C(Nc1ccccc1)c1ccccc1)c1ccccc1. The second-order valence-corrected chi connectivity index (χ2v) is 5.01. The monoisotopic (exact) mass is 286 g/mol. The molecule has 0 aliphatic rings. The molecule has 0 spiro atoms. The van der Waals surface area contributed by atoms with Gasteiger partial charge in [-0.15, -0.1) is 0 Å². The maximum atomic E-state index is 6.44. The minimum atomic E-state index is 0.732. The molecule has 0 aliphatic carbocycles. The third-order valence-electron chi connectivity index (χ3n) is 3.46. The van der Waals surface area contributed by atoms with Crippen LogP contribution in [-0.4, -0.2) is 0 Å². The second-order valence-electron chi connectivity index (χ2n) is 5.01. The third kappa shape index (κ3) is 3.18. The van der Waals surface area contributed by atoms with E-state index in [2.05, 4.69) is 17.4 Å². The molecule has 0 unspecified atom stereocenters. The van der Waals surface area contributed by atoms with E-state index in [9.17, 15) is 0 Å². The van der Waals surface area contributed by atoms with E-state index in [-0.39, 0.29) is 0 Å². The summed E-state index contributed by atoms with van der Waals surface area (Å²) in [5.74, 6) is 0. The number of hydrogen-bond donors (Lipinski definition) is 2. The molecule has 3 aromatic rings. The van der Waals surface area contributed by atoms with Crippen LogP contribution in [0.4, 0.5) is 5.69 Å². The maximum absolute atomic E-state index is 6.44. The molecule has 0 saturated carbocycles. The highest BCUT2D eigenvalue weighted by molar-refractivity contribution is 5.94. The molecule has 0 atom stereocenters. The summed E-state index contributed by atoms with van der Waals surface area (Å²) in [5.41, 5.74) is 11.2. The zero-order valence-electron chi connectivity index (χ0n) is 12.2. The van der Waals surface area contributed by atoms with Gasteiger partial charge in [-0.05, 0) is 17.7 Å². The largest absolute Gasteiger partial charge is 0.397 e. The number of para-hydroxylation sites is 1. The number of nitrogens with one attached hydrogen (secondary N) is 1. The normalized spacial score (nSPS) is 11.6. The average molecular weight is 286 g/mol. The molecule has 3 N–H and O–H groups in total. The first kappa shape index (κ1) is 14.0. The molecule has 0 amide bonds. The van der Waals surface area contributed by atoms with Gasteiger partial charge in [0, 0.05) is 11.3 Å². The van der Waals surface area contributed by atoms with Crippen molar-refractivity contribution in [1.29, 1.82) is 0 Å². The summed E-state index contributed by atoms with van der Waals surface area (Å²) in [6.07, 6.45) is 0. The van der Waals surface area contributed by atoms with Gasteiger partial charge in [0.25, 0.3) is 0 Å². The first-order valence-electron chi connectivity index (χ1n) is 7.27. The van der Waals surface area contributed by atoms with E-state index in [1.54, 1.807) is 0 Å². The number of rotatable bonds is 4. The van der Waals surface area contributed by atoms with E-state index in [0.717, 1.165) is 28.2 Å². The Kier molecular flexibility index (Phi) is 4.21. The van der Waals surface area contributed by atoms with Crippen LogP contribution in [-0.2, 0) is 0 Å². The lowest BCUT2D eigenvalue weighted by Crippen LogP contribution is -2.08. The van der Waals surface area contributed by atoms with Gasteiger partial charge >= 0.3 is 0 Å². The first-order chi connectivity index (χ1) is 10.8. The Labute approximate surface area is 130 Å². The van der Waals surface area contributed by atoms with Crippen LogP contribution in [0.5, 0.6) is 0 Å². The highest BCUT2D eigenvalue weighted by Gasteiger charge is 2.09. The topological polar surface area (TPSA) is 38.0 Å². The van der Waals surface area contributed by atoms with Crippen LogP contribution < -0.4 is 11.1 Å². The van der Waals surface area contributed by atoms with Crippen LogP contribution in [0.1, 0.15) is 11.1 Å². The Hall–Kier alpha value is -3.00. The smallest absolute Gasteiger partial charge is 0.0697 e. The molecule has 3 rings (SSSR count). The molecule has 0 aliphatic heterocycles. The van der Waals surface area contributed by atoms with E-state index in [1.807, 2.05) is 78.9 Å². The van der Waals surface area contributed by atoms with Crippen molar-refractivity contribution in [3.63, 3.8) is 0 Å². The van der Waals surface area contributed by atoms with Crippen LogP contribution >= 0.6 is 0 Å². The Balaban J connectivity index is 2.07. The molecule has 108 valence electrons. The van der Waals surface area contributed by atoms with Crippen molar-refractivity contribution in [3.8, 4) is 0 Å². The minimum absolute atomic E-state index is 0.732. The molecule has 3 aromatic carbocycles. The van der Waals surface area contributed by atoms with E-state index < -0.39 is 0 Å². The van der Waals surface area contributed by atoms with Gasteiger partial charge in [0.2, 0.25) is 0 Å². The summed E-state index contributed by atoms with van der Waals surface area (Å²) >= 11 is 0. The van der Waals surface area contributed by atoms with Crippen LogP contribution in [0.25, 0.3) is 11.4 Å². The van der Waals surface area contributed by atoms with Crippen molar-refractivity contribution in [1.82, 2.24) is 0 Å². The van der Waals surface area contributed by atoms with E-state index in [1.165, 1.54) is 0 Å². The molecule has 0 saturated heterocycles. The zero-order chi connectivity index (χ0) is 15.2. The standard InChI is InChI=1S/C20H18N2/c21-19(16-10-4-1-5-11-16)20(17-12-6-2-7-13-17)22-18-14-8-3-9-15-18/h1-15,22H,21H2. The van der Waals surface area contributed by atoms with Crippen molar-refractivity contribution in [2.24, 2.45) is 5.73 Å². The summed E-state index contributed by atoms with van der Waals surface area (Å²) in [6, 6.07) is 30.2. The van der Waals surface area contributed by atoms with Gasteiger partial charge in [0.1, 0.15) is 0 Å². The Bertz CT molecular complexity index is 747. The molecule has 0 bridgehead atoms. The van der Waals surface area contributed by atoms with E-state index in [4.69, 9.17) is 5.73 Å². The third-order valence-corrected chi connectivity index (χ3v) is 3.46. The molecule has 22 heavy (non-hydrogen) atoms. The number of anilines is 1. The van der Waals surface area contributed by atoms with Gasteiger partial charge in [0.15, 0.2) is 0 Å².